The fourth-order valence-electron chi connectivity index (χ4n) is 4.96. The van der Waals surface area contributed by atoms with Gasteiger partial charge in [0.2, 0.25) is 5.88 Å². The number of hydrogen-bond acceptors (Lipinski definition) is 6. The number of nitrogens with zero attached hydrogens (tertiary/aromatic N) is 3. The molecule has 0 saturated carbocycles. The molecule has 6 nitrogen and oxygen atoms in total. The Balaban J connectivity index is 1.49. The fourth-order valence-corrected chi connectivity index (χ4v) is 4.96. The third-order valence-corrected chi connectivity index (χ3v) is 6.10. The van der Waals surface area contributed by atoms with Crippen LogP contribution in [0, 0.1) is 0 Å². The summed E-state index contributed by atoms with van der Waals surface area (Å²) in [6.45, 7) is 1.73. The van der Waals surface area contributed by atoms with Crippen LogP contribution < -0.4 is 15.2 Å². The van der Waals surface area contributed by atoms with Crippen LogP contribution in [0.2, 0.25) is 0 Å². The first kappa shape index (κ1) is 15.3. The Hall–Kier alpha value is -1.92. The van der Waals surface area contributed by atoms with E-state index in [2.05, 4.69) is 14.9 Å². The van der Waals surface area contributed by atoms with Gasteiger partial charge in [-0.1, -0.05) is 0 Å². The van der Waals surface area contributed by atoms with Crippen LogP contribution >= 0.6 is 0 Å². The average Bonchev–Trinajstić information content (AvgIpc) is 3.14. The van der Waals surface area contributed by atoms with Crippen molar-refractivity contribution < 1.29 is 9.47 Å². The molecule has 3 aliphatic heterocycles. The Morgan fingerprint density at radius 2 is 2.08 bits per heavy atom. The summed E-state index contributed by atoms with van der Waals surface area (Å²) < 4.78 is 11.3. The van der Waals surface area contributed by atoms with Gasteiger partial charge in [-0.25, -0.2) is 4.98 Å². The van der Waals surface area contributed by atoms with E-state index in [0.717, 1.165) is 36.2 Å². The van der Waals surface area contributed by atoms with Crippen LogP contribution in [0.25, 0.3) is 11.0 Å². The van der Waals surface area contributed by atoms with Gasteiger partial charge >= 0.3 is 0 Å². The van der Waals surface area contributed by atoms with Crippen molar-refractivity contribution in [2.75, 3.05) is 20.3 Å². The van der Waals surface area contributed by atoms with Crippen molar-refractivity contribution in [1.29, 1.82) is 0 Å². The molecule has 5 heterocycles. The van der Waals surface area contributed by atoms with Crippen LogP contribution in [0.3, 0.4) is 0 Å². The molecule has 0 spiro atoms. The Kier molecular flexibility index (Phi) is 3.57. The van der Waals surface area contributed by atoms with Crippen molar-refractivity contribution in [3.8, 4) is 11.6 Å². The molecule has 2 N–H and O–H groups in total. The molecule has 2 aromatic rings. The van der Waals surface area contributed by atoms with E-state index in [9.17, 15) is 0 Å². The quantitative estimate of drug-likeness (QED) is 0.922. The number of nitrogens with two attached hydrogens (primary N) is 1. The molecule has 6 heteroatoms. The Bertz CT molecular complexity index is 797. The van der Waals surface area contributed by atoms with Gasteiger partial charge in [-0.15, -0.1) is 0 Å². The van der Waals surface area contributed by atoms with Gasteiger partial charge < -0.3 is 15.2 Å². The normalized spacial score (nSPS) is 31.1. The van der Waals surface area contributed by atoms with Crippen molar-refractivity contribution in [1.82, 2.24) is 14.9 Å². The number of piperidine rings is 1. The van der Waals surface area contributed by atoms with Gasteiger partial charge in [0.25, 0.3) is 0 Å². The molecular formula is C19H24N4O2. The first-order valence-corrected chi connectivity index (χ1v) is 9.20. The SMILES string of the molecule is COc1ccc2ncc3c(c2n1)C(CN1[C@@H]2CC[C@H]1CC(N)C2)CO3. The summed E-state index contributed by atoms with van der Waals surface area (Å²) >= 11 is 0. The monoisotopic (exact) mass is 340 g/mol. The molecule has 2 unspecified atom stereocenters. The molecule has 2 aromatic heterocycles. The van der Waals surface area contributed by atoms with Crippen LogP contribution in [0.1, 0.15) is 37.2 Å². The molecular weight excluding hydrogens is 316 g/mol. The van der Waals surface area contributed by atoms with E-state index in [1.54, 1.807) is 7.11 Å². The summed E-state index contributed by atoms with van der Waals surface area (Å²) in [5, 5.41) is 0. The largest absolute Gasteiger partial charge is 0.491 e. The summed E-state index contributed by atoms with van der Waals surface area (Å²) in [5.74, 6) is 1.83. The maximum atomic E-state index is 6.23. The number of pyridine rings is 2. The highest BCUT2D eigenvalue weighted by atomic mass is 16.5. The number of rotatable bonds is 3. The molecule has 3 aliphatic rings. The lowest BCUT2D eigenvalue weighted by atomic mass is 9.94. The number of ether oxygens (including phenoxy) is 2. The Labute approximate surface area is 147 Å². The van der Waals surface area contributed by atoms with E-state index < -0.39 is 0 Å². The van der Waals surface area contributed by atoms with Gasteiger partial charge in [-0.05, 0) is 31.7 Å². The van der Waals surface area contributed by atoms with Crippen molar-refractivity contribution >= 4 is 11.0 Å². The van der Waals surface area contributed by atoms with E-state index in [1.165, 1.54) is 18.4 Å². The second kappa shape index (κ2) is 5.81. The maximum Gasteiger partial charge on any atom is 0.213 e. The molecule has 0 aromatic carbocycles. The summed E-state index contributed by atoms with van der Waals surface area (Å²) in [7, 11) is 1.65. The van der Waals surface area contributed by atoms with Gasteiger partial charge in [0.15, 0.2) is 0 Å². The Morgan fingerprint density at radius 1 is 1.28 bits per heavy atom. The van der Waals surface area contributed by atoms with Crippen molar-refractivity contribution in [2.45, 2.75) is 49.7 Å². The van der Waals surface area contributed by atoms with E-state index in [-0.39, 0.29) is 0 Å². The van der Waals surface area contributed by atoms with Crippen LogP contribution in [0.4, 0.5) is 0 Å². The third-order valence-electron chi connectivity index (χ3n) is 6.10. The predicted molar refractivity (Wildman–Crippen MR) is 95.1 cm³/mol. The number of aromatic nitrogens is 2. The van der Waals surface area contributed by atoms with Gasteiger partial charge in [-0.3, -0.25) is 9.88 Å². The minimum absolute atomic E-state index is 0.331. The van der Waals surface area contributed by atoms with Gasteiger partial charge in [0.05, 0.1) is 25.4 Å². The zero-order valence-electron chi connectivity index (χ0n) is 14.5. The third kappa shape index (κ3) is 2.47. The second-order valence-electron chi connectivity index (χ2n) is 7.58. The predicted octanol–water partition coefficient (Wildman–Crippen LogP) is 2.07. The molecule has 5 rings (SSSR count). The molecule has 4 atom stereocenters. The number of hydrogen-bond donors (Lipinski definition) is 1. The topological polar surface area (TPSA) is 73.5 Å². The zero-order chi connectivity index (χ0) is 17.0. The highest BCUT2D eigenvalue weighted by Gasteiger charge is 2.42. The smallest absolute Gasteiger partial charge is 0.213 e. The second-order valence-corrected chi connectivity index (χ2v) is 7.58. The summed E-state index contributed by atoms with van der Waals surface area (Å²) in [5.41, 5.74) is 9.24. The van der Waals surface area contributed by atoms with Gasteiger partial charge in [-0.2, -0.15) is 0 Å². The van der Waals surface area contributed by atoms with Crippen molar-refractivity contribution in [3.05, 3.63) is 23.9 Å². The van der Waals surface area contributed by atoms with E-state index in [0.29, 0.717) is 36.5 Å². The molecule has 0 amide bonds. The highest BCUT2D eigenvalue weighted by Crippen LogP contribution is 2.42. The maximum absolute atomic E-state index is 6.23. The lowest BCUT2D eigenvalue weighted by molar-refractivity contribution is 0.115. The standard InChI is InChI=1S/C19H24N4O2/c1-24-17-5-4-15-19(22-17)18-11(10-25-16(18)8-21-15)9-23-13-2-3-14(23)7-12(20)6-13/h4-5,8,11-14H,2-3,6-7,9-10,20H2,1H3/t11?,12?,13-,14+. The zero-order valence-corrected chi connectivity index (χ0v) is 14.5. The van der Waals surface area contributed by atoms with E-state index in [1.807, 2.05) is 18.3 Å². The van der Waals surface area contributed by atoms with E-state index >= 15 is 0 Å². The lowest BCUT2D eigenvalue weighted by Crippen LogP contribution is -2.48. The van der Waals surface area contributed by atoms with Crippen molar-refractivity contribution in [2.24, 2.45) is 5.73 Å². The minimum Gasteiger partial charge on any atom is -0.491 e. The first-order valence-electron chi connectivity index (χ1n) is 9.20. The van der Waals surface area contributed by atoms with Crippen molar-refractivity contribution in [3.63, 3.8) is 0 Å². The summed E-state index contributed by atoms with van der Waals surface area (Å²) in [6.07, 6.45) is 6.65. The molecule has 2 saturated heterocycles. The summed E-state index contributed by atoms with van der Waals surface area (Å²) in [4.78, 5) is 11.8. The average molecular weight is 340 g/mol. The van der Waals surface area contributed by atoms with Crippen LogP contribution in [-0.2, 0) is 0 Å². The van der Waals surface area contributed by atoms with Gasteiger partial charge in [0.1, 0.15) is 11.3 Å². The molecule has 0 radical (unpaired) electrons. The number of fused-ring (bicyclic) bond motifs is 5. The van der Waals surface area contributed by atoms with E-state index in [4.69, 9.17) is 15.2 Å². The summed E-state index contributed by atoms with van der Waals surface area (Å²) in [6, 6.07) is 5.47. The highest BCUT2D eigenvalue weighted by molar-refractivity contribution is 5.81. The molecule has 132 valence electrons. The molecule has 25 heavy (non-hydrogen) atoms. The molecule has 2 bridgehead atoms. The molecule has 0 aliphatic carbocycles. The van der Waals surface area contributed by atoms with Gasteiger partial charge in [0, 0.05) is 42.2 Å². The fraction of sp³-hybridized carbons (Fsp3) is 0.579. The Morgan fingerprint density at radius 3 is 2.84 bits per heavy atom. The molecule has 2 fully saturated rings. The van der Waals surface area contributed by atoms with Crippen LogP contribution in [-0.4, -0.2) is 53.3 Å². The van der Waals surface area contributed by atoms with Crippen LogP contribution in [0.5, 0.6) is 11.6 Å². The number of methoxy groups -OCH3 is 1. The lowest BCUT2D eigenvalue weighted by Gasteiger charge is -2.38. The first-order chi connectivity index (χ1) is 12.2. The van der Waals surface area contributed by atoms with Crippen LogP contribution in [0.15, 0.2) is 18.3 Å². The minimum atomic E-state index is 0.331.